The zero-order chi connectivity index (χ0) is 16.3. The zero-order valence-corrected chi connectivity index (χ0v) is 12.6. The van der Waals surface area contributed by atoms with Crippen molar-refractivity contribution in [3.8, 4) is 0 Å². The summed E-state index contributed by atoms with van der Waals surface area (Å²) < 4.78 is 51.4. The van der Waals surface area contributed by atoms with E-state index in [1.807, 2.05) is 0 Å². The van der Waals surface area contributed by atoms with Gasteiger partial charge in [-0.2, -0.15) is 0 Å². The lowest BCUT2D eigenvalue weighted by molar-refractivity contribution is 0.0782. The quantitative estimate of drug-likeness (QED) is 0.889. The Morgan fingerprint density at radius 3 is 2.82 bits per heavy atom. The Bertz CT molecular complexity index is 691. The van der Waals surface area contributed by atoms with Crippen LogP contribution in [0.4, 0.5) is 8.78 Å². The second-order valence-electron chi connectivity index (χ2n) is 5.09. The molecule has 1 aliphatic rings. The molecule has 120 valence electrons. The van der Waals surface area contributed by atoms with Crippen molar-refractivity contribution < 1.29 is 22.0 Å². The number of hydrogen-bond acceptors (Lipinski definition) is 3. The number of nitrogens with one attached hydrogen (secondary N) is 1. The molecule has 0 spiro atoms. The first-order valence-electron chi connectivity index (χ1n) is 6.69. The van der Waals surface area contributed by atoms with Gasteiger partial charge in [0, 0.05) is 31.1 Å². The van der Waals surface area contributed by atoms with Crippen LogP contribution < -0.4 is 4.72 Å². The number of sulfonamides is 1. The molecule has 0 aromatic heterocycles. The molecule has 1 saturated heterocycles. The Balaban J connectivity index is 1.98. The van der Waals surface area contributed by atoms with E-state index in [1.165, 1.54) is 4.90 Å². The van der Waals surface area contributed by atoms with Gasteiger partial charge in [0.15, 0.2) is 0 Å². The maximum Gasteiger partial charge on any atom is 0.256 e. The minimum atomic E-state index is -3.50. The fraction of sp³-hybridized carbons (Fsp3) is 0.357. The van der Waals surface area contributed by atoms with Gasteiger partial charge < -0.3 is 4.90 Å². The van der Waals surface area contributed by atoms with Crippen LogP contribution in [-0.2, 0) is 10.0 Å². The molecule has 5 nitrogen and oxygen atoms in total. The lowest BCUT2D eigenvalue weighted by Crippen LogP contribution is -2.32. The molecule has 1 amide bonds. The van der Waals surface area contributed by atoms with E-state index in [1.54, 1.807) is 0 Å². The Morgan fingerprint density at radius 1 is 1.45 bits per heavy atom. The number of likely N-dealkylation sites (tertiary alicyclic amines) is 1. The smallest absolute Gasteiger partial charge is 0.256 e. The van der Waals surface area contributed by atoms with Crippen molar-refractivity contribution in [2.75, 3.05) is 19.6 Å². The van der Waals surface area contributed by atoms with Crippen molar-refractivity contribution in [2.45, 2.75) is 6.42 Å². The van der Waals surface area contributed by atoms with Gasteiger partial charge in [0.25, 0.3) is 5.91 Å². The van der Waals surface area contributed by atoms with E-state index in [4.69, 9.17) is 0 Å². The maximum atomic E-state index is 13.6. The van der Waals surface area contributed by atoms with E-state index in [-0.39, 0.29) is 18.0 Å². The van der Waals surface area contributed by atoms with Gasteiger partial charge in [-0.15, -0.1) is 0 Å². The number of carbonyl (C=O) groups is 1. The average molecular weight is 330 g/mol. The van der Waals surface area contributed by atoms with Gasteiger partial charge in [-0.3, -0.25) is 4.79 Å². The number of hydrogen-bond donors (Lipinski definition) is 1. The minimum absolute atomic E-state index is 0.0535. The molecule has 1 fully saturated rings. The average Bonchev–Trinajstić information content (AvgIpc) is 2.94. The molecule has 0 radical (unpaired) electrons. The topological polar surface area (TPSA) is 66.5 Å². The summed E-state index contributed by atoms with van der Waals surface area (Å²) in [6.07, 6.45) is 0.605. The number of benzene rings is 1. The van der Waals surface area contributed by atoms with Crippen LogP contribution in [0.25, 0.3) is 0 Å². The Hall–Kier alpha value is -1.80. The predicted octanol–water partition coefficient (Wildman–Crippen LogP) is 1.49. The third-order valence-electron chi connectivity index (χ3n) is 3.53. The predicted molar refractivity (Wildman–Crippen MR) is 77.5 cm³/mol. The van der Waals surface area contributed by atoms with Gasteiger partial charge in [0.2, 0.25) is 10.0 Å². The Labute approximate surface area is 127 Å². The molecule has 0 bridgehead atoms. The SMILES string of the molecule is C=CS(=O)(=O)NC[C@H]1CCN(C(=O)c2ccc(F)cc2F)C1. The molecule has 0 unspecified atom stereocenters. The van der Waals surface area contributed by atoms with E-state index >= 15 is 0 Å². The summed E-state index contributed by atoms with van der Waals surface area (Å²) in [6.45, 7) is 4.09. The standard InChI is InChI=1S/C14H16F2N2O3S/c1-2-22(20,21)17-8-10-5-6-18(9-10)14(19)12-4-3-11(15)7-13(12)16/h2-4,7,10,17H,1,5-6,8-9H2/t10-/m1/s1. The molecule has 1 N–H and O–H groups in total. The molecule has 1 atom stereocenters. The van der Waals surface area contributed by atoms with Gasteiger partial charge in [-0.05, 0) is 24.5 Å². The lowest BCUT2D eigenvalue weighted by Gasteiger charge is -2.17. The van der Waals surface area contributed by atoms with Crippen LogP contribution in [-0.4, -0.2) is 38.9 Å². The first-order valence-corrected chi connectivity index (χ1v) is 8.23. The summed E-state index contributed by atoms with van der Waals surface area (Å²) in [5, 5.41) is 0.818. The maximum absolute atomic E-state index is 13.6. The van der Waals surface area contributed by atoms with Crippen LogP contribution in [0.1, 0.15) is 16.8 Å². The summed E-state index contributed by atoms with van der Waals surface area (Å²) in [7, 11) is -3.50. The summed E-state index contributed by atoms with van der Waals surface area (Å²) >= 11 is 0. The first-order chi connectivity index (χ1) is 10.3. The molecule has 1 aromatic rings. The highest BCUT2D eigenvalue weighted by Gasteiger charge is 2.28. The van der Waals surface area contributed by atoms with Crippen LogP contribution in [0.3, 0.4) is 0 Å². The molecule has 1 aromatic carbocycles. The molecular weight excluding hydrogens is 314 g/mol. The third kappa shape index (κ3) is 3.89. The van der Waals surface area contributed by atoms with E-state index in [0.29, 0.717) is 25.6 Å². The molecule has 1 aliphatic heterocycles. The van der Waals surface area contributed by atoms with Crippen LogP contribution >= 0.6 is 0 Å². The molecule has 8 heteroatoms. The summed E-state index contributed by atoms with van der Waals surface area (Å²) in [5.74, 6) is -2.22. The number of halogens is 2. The highest BCUT2D eigenvalue weighted by Crippen LogP contribution is 2.20. The Morgan fingerprint density at radius 2 is 2.18 bits per heavy atom. The number of nitrogens with zero attached hydrogens (tertiary/aromatic N) is 1. The fourth-order valence-electron chi connectivity index (χ4n) is 2.31. The van der Waals surface area contributed by atoms with Crippen LogP contribution in [0.2, 0.25) is 0 Å². The van der Waals surface area contributed by atoms with Gasteiger partial charge in [-0.1, -0.05) is 6.58 Å². The highest BCUT2D eigenvalue weighted by atomic mass is 32.2. The largest absolute Gasteiger partial charge is 0.338 e. The normalized spacial score (nSPS) is 18.5. The van der Waals surface area contributed by atoms with Gasteiger partial charge in [-0.25, -0.2) is 21.9 Å². The molecule has 1 heterocycles. The van der Waals surface area contributed by atoms with Crippen molar-refractivity contribution >= 4 is 15.9 Å². The molecule has 0 saturated carbocycles. The lowest BCUT2D eigenvalue weighted by atomic mass is 10.1. The highest BCUT2D eigenvalue weighted by molar-refractivity contribution is 7.92. The monoisotopic (exact) mass is 330 g/mol. The second-order valence-corrected chi connectivity index (χ2v) is 6.80. The Kier molecular flexibility index (Phi) is 4.92. The summed E-state index contributed by atoms with van der Waals surface area (Å²) in [6, 6.07) is 2.81. The number of amides is 1. The fourth-order valence-corrected chi connectivity index (χ4v) is 2.90. The third-order valence-corrected chi connectivity index (χ3v) is 4.54. The molecule has 22 heavy (non-hydrogen) atoms. The van der Waals surface area contributed by atoms with E-state index in [0.717, 1.165) is 17.5 Å². The van der Waals surface area contributed by atoms with Crippen molar-refractivity contribution in [3.05, 3.63) is 47.4 Å². The van der Waals surface area contributed by atoms with E-state index < -0.39 is 27.6 Å². The molecule has 2 rings (SSSR count). The minimum Gasteiger partial charge on any atom is -0.338 e. The van der Waals surface area contributed by atoms with Crippen molar-refractivity contribution in [1.29, 1.82) is 0 Å². The zero-order valence-electron chi connectivity index (χ0n) is 11.8. The van der Waals surface area contributed by atoms with Crippen molar-refractivity contribution in [3.63, 3.8) is 0 Å². The van der Waals surface area contributed by atoms with E-state index in [9.17, 15) is 22.0 Å². The van der Waals surface area contributed by atoms with Crippen molar-refractivity contribution in [2.24, 2.45) is 5.92 Å². The number of carbonyl (C=O) groups excluding carboxylic acids is 1. The number of rotatable bonds is 5. The second kappa shape index (κ2) is 6.53. The van der Waals surface area contributed by atoms with Crippen LogP contribution in [0.5, 0.6) is 0 Å². The van der Waals surface area contributed by atoms with Crippen LogP contribution in [0.15, 0.2) is 30.2 Å². The summed E-state index contributed by atoms with van der Waals surface area (Å²) in [5.41, 5.74) is -0.186. The van der Waals surface area contributed by atoms with Crippen molar-refractivity contribution in [1.82, 2.24) is 9.62 Å². The van der Waals surface area contributed by atoms with E-state index in [2.05, 4.69) is 11.3 Å². The van der Waals surface area contributed by atoms with Gasteiger partial charge in [0.05, 0.1) is 5.56 Å². The molecular formula is C14H16F2N2O3S. The summed E-state index contributed by atoms with van der Waals surface area (Å²) in [4.78, 5) is 13.6. The van der Waals surface area contributed by atoms with Crippen LogP contribution in [0, 0.1) is 17.6 Å². The molecule has 0 aliphatic carbocycles. The van der Waals surface area contributed by atoms with Gasteiger partial charge in [0.1, 0.15) is 11.6 Å². The van der Waals surface area contributed by atoms with Gasteiger partial charge >= 0.3 is 0 Å². The first kappa shape index (κ1) is 16.6.